The molecule has 1 N–H and O–H groups in total. The Bertz CT molecular complexity index is 952. The van der Waals surface area contributed by atoms with E-state index in [1.807, 2.05) is 37.3 Å². The van der Waals surface area contributed by atoms with Gasteiger partial charge in [-0.3, -0.25) is 9.59 Å². The van der Waals surface area contributed by atoms with Gasteiger partial charge in [0.05, 0.1) is 18.7 Å². The molecule has 0 bridgehead atoms. The van der Waals surface area contributed by atoms with E-state index in [-0.39, 0.29) is 24.3 Å². The Balaban J connectivity index is 1.66. The van der Waals surface area contributed by atoms with Crippen LogP contribution in [0.4, 0.5) is 5.69 Å². The molecular formula is C22H21BrN2O3. The summed E-state index contributed by atoms with van der Waals surface area (Å²) in [5.74, 6) is 0.437. The zero-order valence-corrected chi connectivity index (χ0v) is 17.3. The van der Waals surface area contributed by atoms with E-state index in [0.29, 0.717) is 11.3 Å². The quantitative estimate of drug-likeness (QED) is 0.582. The van der Waals surface area contributed by atoms with Crippen LogP contribution >= 0.6 is 15.9 Å². The van der Waals surface area contributed by atoms with Crippen molar-refractivity contribution < 1.29 is 14.0 Å². The van der Waals surface area contributed by atoms with Crippen molar-refractivity contribution in [1.82, 2.24) is 4.90 Å². The van der Waals surface area contributed by atoms with Gasteiger partial charge < -0.3 is 14.6 Å². The van der Waals surface area contributed by atoms with Gasteiger partial charge in [0.15, 0.2) is 0 Å². The Morgan fingerprint density at radius 1 is 1.11 bits per heavy atom. The van der Waals surface area contributed by atoms with Crippen molar-refractivity contribution in [2.75, 3.05) is 12.4 Å². The molecule has 0 saturated carbocycles. The second kappa shape index (κ2) is 8.89. The van der Waals surface area contributed by atoms with Crippen LogP contribution in [0.1, 0.15) is 34.6 Å². The third kappa shape index (κ3) is 4.89. The molecule has 0 radical (unpaired) electrons. The normalized spacial score (nSPS) is 11.7. The molecule has 1 atom stereocenters. The number of amides is 2. The van der Waals surface area contributed by atoms with Crippen LogP contribution in [0.25, 0.3) is 0 Å². The summed E-state index contributed by atoms with van der Waals surface area (Å²) in [6.07, 6.45) is 1.85. The van der Waals surface area contributed by atoms with Gasteiger partial charge >= 0.3 is 0 Å². The van der Waals surface area contributed by atoms with Crippen LogP contribution in [0.3, 0.4) is 0 Å². The van der Waals surface area contributed by atoms with Crippen molar-refractivity contribution in [3.63, 3.8) is 0 Å². The summed E-state index contributed by atoms with van der Waals surface area (Å²) in [7, 11) is 1.73. The van der Waals surface area contributed by atoms with Crippen LogP contribution in [0.15, 0.2) is 75.8 Å². The number of carbonyl (C=O) groups excluding carboxylic acids is 2. The fourth-order valence-electron chi connectivity index (χ4n) is 2.82. The Morgan fingerprint density at radius 3 is 2.54 bits per heavy atom. The van der Waals surface area contributed by atoms with Crippen molar-refractivity contribution in [2.24, 2.45) is 0 Å². The molecule has 6 heteroatoms. The average Bonchev–Trinajstić information content (AvgIpc) is 3.23. The minimum atomic E-state index is -0.196. The summed E-state index contributed by atoms with van der Waals surface area (Å²) >= 11 is 3.38. The van der Waals surface area contributed by atoms with Gasteiger partial charge in [-0.15, -0.1) is 0 Å². The van der Waals surface area contributed by atoms with Crippen LogP contribution in [-0.4, -0.2) is 23.8 Å². The molecule has 5 nitrogen and oxygen atoms in total. The standard InChI is InChI=1S/C22H21BrN2O3/c1-15(20-7-4-12-28-20)25(2)22(27)17-5-3-6-19(14-17)24-21(26)13-16-8-10-18(23)11-9-16/h3-12,14-15H,13H2,1-2H3,(H,24,26). The monoisotopic (exact) mass is 440 g/mol. The number of benzene rings is 2. The fourth-order valence-corrected chi connectivity index (χ4v) is 3.09. The van der Waals surface area contributed by atoms with E-state index in [9.17, 15) is 9.59 Å². The number of furan rings is 1. The van der Waals surface area contributed by atoms with Crippen molar-refractivity contribution in [3.8, 4) is 0 Å². The lowest BCUT2D eigenvalue weighted by Crippen LogP contribution is -2.29. The number of halogens is 1. The van der Waals surface area contributed by atoms with Gasteiger partial charge in [0.2, 0.25) is 5.91 Å². The van der Waals surface area contributed by atoms with E-state index in [0.717, 1.165) is 15.8 Å². The molecule has 3 rings (SSSR count). The zero-order chi connectivity index (χ0) is 20.1. The number of rotatable bonds is 6. The highest BCUT2D eigenvalue weighted by atomic mass is 79.9. The molecule has 3 aromatic rings. The van der Waals surface area contributed by atoms with Gasteiger partial charge in [-0.1, -0.05) is 34.1 Å². The molecule has 0 fully saturated rings. The SMILES string of the molecule is CC(c1ccco1)N(C)C(=O)c1cccc(NC(=O)Cc2ccc(Br)cc2)c1. The first-order chi connectivity index (χ1) is 13.4. The Hall–Kier alpha value is -2.86. The third-order valence-electron chi connectivity index (χ3n) is 4.53. The van der Waals surface area contributed by atoms with Gasteiger partial charge in [0.1, 0.15) is 5.76 Å². The fraction of sp³-hybridized carbons (Fsp3) is 0.182. The molecule has 0 aliphatic carbocycles. The lowest BCUT2D eigenvalue weighted by molar-refractivity contribution is -0.115. The van der Waals surface area contributed by atoms with Crippen LogP contribution in [0.5, 0.6) is 0 Å². The van der Waals surface area contributed by atoms with Gasteiger partial charge in [-0.05, 0) is 55.0 Å². The lowest BCUT2D eigenvalue weighted by atomic mass is 10.1. The number of hydrogen-bond donors (Lipinski definition) is 1. The number of nitrogens with one attached hydrogen (secondary N) is 1. The van der Waals surface area contributed by atoms with E-state index in [1.165, 1.54) is 0 Å². The summed E-state index contributed by atoms with van der Waals surface area (Å²) in [6.45, 7) is 1.90. The van der Waals surface area contributed by atoms with Crippen LogP contribution in [0.2, 0.25) is 0 Å². The lowest BCUT2D eigenvalue weighted by Gasteiger charge is -2.23. The molecule has 0 spiro atoms. The van der Waals surface area contributed by atoms with E-state index in [4.69, 9.17) is 4.42 Å². The molecule has 2 amide bonds. The van der Waals surface area contributed by atoms with Crippen LogP contribution < -0.4 is 5.32 Å². The minimum absolute atomic E-state index is 0.135. The van der Waals surface area contributed by atoms with Crippen LogP contribution in [0, 0.1) is 0 Å². The Morgan fingerprint density at radius 2 is 1.86 bits per heavy atom. The van der Waals surface area contributed by atoms with E-state index in [1.54, 1.807) is 48.5 Å². The van der Waals surface area contributed by atoms with Crippen LogP contribution in [-0.2, 0) is 11.2 Å². The Labute approximate surface area is 172 Å². The molecule has 0 aliphatic heterocycles. The molecule has 0 aliphatic rings. The number of hydrogen-bond acceptors (Lipinski definition) is 3. The molecule has 1 unspecified atom stereocenters. The van der Waals surface area contributed by atoms with Gasteiger partial charge in [0.25, 0.3) is 5.91 Å². The van der Waals surface area contributed by atoms with E-state index < -0.39 is 0 Å². The van der Waals surface area contributed by atoms with Crippen molar-refractivity contribution in [2.45, 2.75) is 19.4 Å². The minimum Gasteiger partial charge on any atom is -0.467 e. The second-order valence-electron chi connectivity index (χ2n) is 6.54. The third-order valence-corrected chi connectivity index (χ3v) is 5.06. The highest BCUT2D eigenvalue weighted by Gasteiger charge is 2.21. The molecule has 2 aromatic carbocycles. The zero-order valence-electron chi connectivity index (χ0n) is 15.7. The maximum atomic E-state index is 12.8. The maximum absolute atomic E-state index is 12.8. The first kappa shape index (κ1) is 19.9. The van der Waals surface area contributed by atoms with Gasteiger partial charge in [-0.2, -0.15) is 0 Å². The van der Waals surface area contributed by atoms with Crippen molar-refractivity contribution in [1.29, 1.82) is 0 Å². The summed E-state index contributed by atoms with van der Waals surface area (Å²) in [5.41, 5.74) is 2.01. The smallest absolute Gasteiger partial charge is 0.254 e. The predicted molar refractivity (Wildman–Crippen MR) is 112 cm³/mol. The summed E-state index contributed by atoms with van der Waals surface area (Å²) in [4.78, 5) is 26.7. The van der Waals surface area contributed by atoms with Crippen molar-refractivity contribution >= 4 is 33.4 Å². The first-order valence-electron chi connectivity index (χ1n) is 8.89. The number of carbonyl (C=O) groups is 2. The largest absolute Gasteiger partial charge is 0.467 e. The highest BCUT2D eigenvalue weighted by molar-refractivity contribution is 9.10. The first-order valence-corrected chi connectivity index (χ1v) is 9.68. The summed E-state index contributed by atoms with van der Waals surface area (Å²) in [6, 6.07) is 18.0. The van der Waals surface area contributed by atoms with E-state index >= 15 is 0 Å². The molecule has 1 aromatic heterocycles. The maximum Gasteiger partial charge on any atom is 0.254 e. The number of nitrogens with zero attached hydrogens (tertiary/aromatic N) is 1. The van der Waals surface area contributed by atoms with Gasteiger partial charge in [-0.25, -0.2) is 0 Å². The molecule has 28 heavy (non-hydrogen) atoms. The highest BCUT2D eigenvalue weighted by Crippen LogP contribution is 2.22. The van der Waals surface area contributed by atoms with Gasteiger partial charge in [0, 0.05) is 22.8 Å². The Kier molecular flexibility index (Phi) is 6.31. The molecule has 144 valence electrons. The molecule has 0 saturated heterocycles. The summed E-state index contributed by atoms with van der Waals surface area (Å²) < 4.78 is 6.36. The predicted octanol–water partition coefficient (Wildman–Crippen LogP) is 5.06. The number of anilines is 1. The second-order valence-corrected chi connectivity index (χ2v) is 7.46. The average molecular weight is 441 g/mol. The summed E-state index contributed by atoms with van der Waals surface area (Å²) in [5, 5.41) is 2.86. The van der Waals surface area contributed by atoms with Crippen molar-refractivity contribution in [3.05, 3.63) is 88.3 Å². The molecular weight excluding hydrogens is 420 g/mol. The topological polar surface area (TPSA) is 62.6 Å². The van der Waals surface area contributed by atoms with E-state index in [2.05, 4.69) is 21.2 Å². The molecule has 1 heterocycles.